The minimum atomic E-state index is -1.14. The van der Waals surface area contributed by atoms with Crippen LogP contribution in [0.15, 0.2) is 40.9 Å². The van der Waals surface area contributed by atoms with Gasteiger partial charge in [0.05, 0.1) is 0 Å². The van der Waals surface area contributed by atoms with Crippen molar-refractivity contribution >= 4 is 11.9 Å². The second-order valence-corrected chi connectivity index (χ2v) is 4.92. The second-order valence-electron chi connectivity index (χ2n) is 4.92. The Morgan fingerprint density at radius 2 is 1.90 bits per heavy atom. The van der Waals surface area contributed by atoms with Gasteiger partial charge in [-0.15, -0.1) is 0 Å². The SMILES string of the molecule is CC(C)c1cc(C(=O)NC(C(=O)O)c2ccccc2)no1. The Morgan fingerprint density at radius 3 is 2.43 bits per heavy atom. The van der Waals surface area contributed by atoms with E-state index in [0.717, 1.165) is 0 Å². The monoisotopic (exact) mass is 288 g/mol. The van der Waals surface area contributed by atoms with Crippen LogP contribution in [0, 0.1) is 0 Å². The number of aliphatic carboxylic acids is 1. The molecule has 1 amide bonds. The zero-order chi connectivity index (χ0) is 15.4. The number of carboxylic acids is 1. The Morgan fingerprint density at radius 1 is 1.24 bits per heavy atom. The molecule has 0 aliphatic rings. The number of nitrogens with one attached hydrogen (secondary N) is 1. The Bertz CT molecular complexity index is 634. The highest BCUT2D eigenvalue weighted by Crippen LogP contribution is 2.17. The van der Waals surface area contributed by atoms with Crippen LogP contribution in [0.25, 0.3) is 0 Å². The topological polar surface area (TPSA) is 92.4 Å². The van der Waals surface area contributed by atoms with E-state index in [1.807, 2.05) is 13.8 Å². The fraction of sp³-hybridized carbons (Fsp3) is 0.267. The van der Waals surface area contributed by atoms with E-state index in [0.29, 0.717) is 11.3 Å². The molecule has 0 saturated carbocycles. The number of amides is 1. The van der Waals surface area contributed by atoms with Gasteiger partial charge in [0, 0.05) is 12.0 Å². The van der Waals surface area contributed by atoms with E-state index < -0.39 is 17.9 Å². The lowest BCUT2D eigenvalue weighted by Gasteiger charge is -2.13. The lowest BCUT2D eigenvalue weighted by Crippen LogP contribution is -2.33. The molecule has 0 radical (unpaired) electrons. The Balaban J connectivity index is 2.17. The summed E-state index contributed by atoms with van der Waals surface area (Å²) in [7, 11) is 0. The lowest BCUT2D eigenvalue weighted by atomic mass is 10.1. The van der Waals surface area contributed by atoms with Gasteiger partial charge in [-0.3, -0.25) is 4.79 Å². The van der Waals surface area contributed by atoms with Crippen LogP contribution in [0.5, 0.6) is 0 Å². The number of benzene rings is 1. The van der Waals surface area contributed by atoms with Gasteiger partial charge in [-0.2, -0.15) is 0 Å². The molecule has 0 spiro atoms. The first-order valence-electron chi connectivity index (χ1n) is 6.54. The zero-order valence-electron chi connectivity index (χ0n) is 11.7. The van der Waals surface area contributed by atoms with Gasteiger partial charge in [0.1, 0.15) is 5.76 Å². The van der Waals surface area contributed by atoms with Crippen LogP contribution in [-0.4, -0.2) is 22.1 Å². The summed E-state index contributed by atoms with van der Waals surface area (Å²) in [6.45, 7) is 3.82. The molecule has 2 rings (SSSR count). The van der Waals surface area contributed by atoms with Gasteiger partial charge in [-0.1, -0.05) is 49.3 Å². The minimum absolute atomic E-state index is 0.0703. The van der Waals surface area contributed by atoms with Crippen molar-refractivity contribution in [3.63, 3.8) is 0 Å². The summed E-state index contributed by atoms with van der Waals surface area (Å²) in [5, 5.41) is 15.4. The molecule has 0 saturated heterocycles. The zero-order valence-corrected chi connectivity index (χ0v) is 11.7. The van der Waals surface area contributed by atoms with Crippen molar-refractivity contribution in [2.45, 2.75) is 25.8 Å². The molecule has 1 aromatic heterocycles. The number of carboxylic acid groups (broad SMARTS) is 1. The number of hydrogen-bond donors (Lipinski definition) is 2. The van der Waals surface area contributed by atoms with E-state index in [2.05, 4.69) is 10.5 Å². The fourth-order valence-corrected chi connectivity index (χ4v) is 1.81. The van der Waals surface area contributed by atoms with Gasteiger partial charge in [-0.25, -0.2) is 4.79 Å². The Hall–Kier alpha value is -2.63. The summed E-state index contributed by atoms with van der Waals surface area (Å²) in [6, 6.07) is 8.87. The number of carbonyl (C=O) groups is 2. The van der Waals surface area contributed by atoms with E-state index in [-0.39, 0.29) is 11.6 Å². The molecule has 2 N–H and O–H groups in total. The molecule has 0 fully saturated rings. The third-order valence-corrected chi connectivity index (χ3v) is 2.99. The summed E-state index contributed by atoms with van der Waals surface area (Å²) in [5.74, 6) is -1.04. The van der Waals surface area contributed by atoms with Crippen molar-refractivity contribution in [1.82, 2.24) is 10.5 Å². The van der Waals surface area contributed by atoms with Crippen LogP contribution in [0.2, 0.25) is 0 Å². The molecule has 0 aliphatic heterocycles. The number of carbonyl (C=O) groups excluding carboxylic acids is 1. The lowest BCUT2D eigenvalue weighted by molar-refractivity contribution is -0.139. The molecule has 6 heteroatoms. The van der Waals surface area contributed by atoms with E-state index >= 15 is 0 Å². The number of hydrogen-bond acceptors (Lipinski definition) is 4. The van der Waals surface area contributed by atoms with Gasteiger partial charge in [0.2, 0.25) is 0 Å². The molecule has 0 aliphatic carbocycles. The van der Waals surface area contributed by atoms with Crippen LogP contribution < -0.4 is 5.32 Å². The van der Waals surface area contributed by atoms with E-state index in [1.54, 1.807) is 30.3 Å². The maximum Gasteiger partial charge on any atom is 0.330 e. The molecule has 1 unspecified atom stereocenters. The molecule has 0 bridgehead atoms. The van der Waals surface area contributed by atoms with Gasteiger partial charge in [0.25, 0.3) is 5.91 Å². The standard InChI is InChI=1S/C15H16N2O4/c1-9(2)12-8-11(17-21-12)14(18)16-13(15(19)20)10-6-4-3-5-7-10/h3-9,13H,1-2H3,(H,16,18)(H,19,20). The van der Waals surface area contributed by atoms with Gasteiger partial charge in [0.15, 0.2) is 11.7 Å². The van der Waals surface area contributed by atoms with E-state index in [4.69, 9.17) is 4.52 Å². The number of rotatable bonds is 5. The molecule has 110 valence electrons. The molecule has 6 nitrogen and oxygen atoms in total. The molecule has 1 aromatic carbocycles. The first-order valence-corrected chi connectivity index (χ1v) is 6.54. The number of aromatic nitrogens is 1. The maximum absolute atomic E-state index is 12.1. The summed E-state index contributed by atoms with van der Waals surface area (Å²) >= 11 is 0. The Kier molecular flexibility index (Phi) is 4.37. The maximum atomic E-state index is 12.1. The highest BCUT2D eigenvalue weighted by atomic mass is 16.5. The Labute approximate surface area is 121 Å². The van der Waals surface area contributed by atoms with Crippen molar-refractivity contribution in [2.24, 2.45) is 0 Å². The summed E-state index contributed by atoms with van der Waals surface area (Å²) in [5.41, 5.74) is 0.562. The number of nitrogens with zero attached hydrogens (tertiary/aromatic N) is 1. The van der Waals surface area contributed by atoms with Gasteiger partial charge < -0.3 is 14.9 Å². The first kappa shape index (κ1) is 14.8. The van der Waals surface area contributed by atoms with Crippen LogP contribution in [0.4, 0.5) is 0 Å². The summed E-state index contributed by atoms with van der Waals surface area (Å²) in [6.07, 6.45) is 0. The normalized spacial score (nSPS) is 12.1. The fourth-order valence-electron chi connectivity index (χ4n) is 1.81. The predicted molar refractivity (Wildman–Crippen MR) is 74.9 cm³/mol. The predicted octanol–water partition coefficient (Wildman–Crippen LogP) is 2.35. The van der Waals surface area contributed by atoms with Crippen molar-refractivity contribution in [1.29, 1.82) is 0 Å². The summed E-state index contributed by atoms with van der Waals surface area (Å²) in [4.78, 5) is 23.4. The molecule has 2 aromatic rings. The molecular formula is C15H16N2O4. The largest absolute Gasteiger partial charge is 0.479 e. The average molecular weight is 288 g/mol. The molecular weight excluding hydrogens is 272 g/mol. The van der Waals surface area contributed by atoms with Gasteiger partial charge in [-0.05, 0) is 5.56 Å². The molecule has 21 heavy (non-hydrogen) atoms. The van der Waals surface area contributed by atoms with E-state index in [1.165, 1.54) is 6.07 Å². The van der Waals surface area contributed by atoms with Crippen molar-refractivity contribution in [2.75, 3.05) is 0 Å². The van der Waals surface area contributed by atoms with Crippen molar-refractivity contribution in [3.05, 3.63) is 53.4 Å². The highest BCUT2D eigenvalue weighted by Gasteiger charge is 2.24. The first-order chi connectivity index (χ1) is 9.99. The highest BCUT2D eigenvalue weighted by molar-refractivity contribution is 5.95. The van der Waals surface area contributed by atoms with Crippen LogP contribution in [0.3, 0.4) is 0 Å². The average Bonchev–Trinajstić information content (AvgIpc) is 2.95. The van der Waals surface area contributed by atoms with Crippen molar-refractivity contribution < 1.29 is 19.2 Å². The van der Waals surface area contributed by atoms with Crippen LogP contribution in [0.1, 0.15) is 47.6 Å². The third-order valence-electron chi connectivity index (χ3n) is 2.99. The van der Waals surface area contributed by atoms with Crippen LogP contribution in [-0.2, 0) is 4.79 Å². The quantitative estimate of drug-likeness (QED) is 0.881. The minimum Gasteiger partial charge on any atom is -0.479 e. The molecule has 1 atom stereocenters. The van der Waals surface area contributed by atoms with Crippen molar-refractivity contribution in [3.8, 4) is 0 Å². The summed E-state index contributed by atoms with van der Waals surface area (Å²) < 4.78 is 5.04. The van der Waals surface area contributed by atoms with Gasteiger partial charge >= 0.3 is 5.97 Å². The third kappa shape index (κ3) is 3.47. The smallest absolute Gasteiger partial charge is 0.330 e. The molecule has 1 heterocycles. The second kappa shape index (κ2) is 6.21. The van der Waals surface area contributed by atoms with Crippen LogP contribution >= 0.6 is 0 Å². The van der Waals surface area contributed by atoms with E-state index in [9.17, 15) is 14.7 Å².